The topological polar surface area (TPSA) is 115 Å². The number of methoxy groups -OCH3 is 2. The number of anilines is 5. The molecule has 0 saturated carbocycles. The zero-order valence-corrected chi connectivity index (χ0v) is 22.5. The van der Waals surface area contributed by atoms with Gasteiger partial charge in [0, 0.05) is 56.7 Å². The fourth-order valence-corrected chi connectivity index (χ4v) is 4.25. The van der Waals surface area contributed by atoms with Gasteiger partial charge in [-0.25, -0.2) is 4.98 Å². The number of hydrogen-bond acceptors (Lipinski definition) is 9. The highest BCUT2D eigenvalue weighted by molar-refractivity contribution is 6.02. The highest BCUT2D eigenvalue weighted by atomic mass is 16.5. The fraction of sp³-hybridized carbons (Fsp3) is 0.276. The molecule has 1 aliphatic heterocycles. The normalized spacial score (nSPS) is 13.2. The predicted molar refractivity (Wildman–Crippen MR) is 154 cm³/mol. The number of carbonyl (C=O) groups is 1. The average molecular weight is 528 g/mol. The molecule has 1 aromatic heterocycles. The number of hydrogen-bond donors (Lipinski definition) is 3. The third-order valence-corrected chi connectivity index (χ3v) is 6.50. The maximum atomic E-state index is 12.2. The summed E-state index contributed by atoms with van der Waals surface area (Å²) >= 11 is 0. The Bertz CT molecular complexity index is 1360. The van der Waals surface area contributed by atoms with Crippen molar-refractivity contribution in [2.24, 2.45) is 0 Å². The summed E-state index contributed by atoms with van der Waals surface area (Å²) in [7, 11) is 5.31. The van der Waals surface area contributed by atoms with E-state index in [0.29, 0.717) is 46.5 Å². The number of benzene rings is 2. The van der Waals surface area contributed by atoms with Crippen molar-refractivity contribution < 1.29 is 14.3 Å². The van der Waals surface area contributed by atoms with E-state index in [9.17, 15) is 10.1 Å². The molecule has 0 bridgehead atoms. The van der Waals surface area contributed by atoms with E-state index < -0.39 is 0 Å². The SMILES string of the molecule is C=CC(=O)Nc1cc(N2CCN(C)CC2)ccc1Nc1cc(NCc2cc(OC)cc(OC)c2)c(C#N)cn1. The summed E-state index contributed by atoms with van der Waals surface area (Å²) in [6.45, 7) is 7.77. The molecule has 3 aromatic rings. The lowest BCUT2D eigenvalue weighted by Crippen LogP contribution is -2.44. The molecule has 1 aliphatic rings. The van der Waals surface area contributed by atoms with E-state index in [4.69, 9.17) is 9.47 Å². The van der Waals surface area contributed by atoms with Crippen molar-refractivity contribution in [3.63, 3.8) is 0 Å². The Morgan fingerprint density at radius 1 is 1.05 bits per heavy atom. The Hall–Kier alpha value is -4.75. The van der Waals surface area contributed by atoms with Gasteiger partial charge in [-0.3, -0.25) is 4.79 Å². The zero-order valence-electron chi connectivity index (χ0n) is 22.5. The number of aromatic nitrogens is 1. The second kappa shape index (κ2) is 12.7. The Labute approximate surface area is 228 Å². The number of likely N-dealkylation sites (N-methyl/N-ethyl adjacent to an activating group) is 1. The number of pyridine rings is 1. The van der Waals surface area contributed by atoms with Crippen LogP contribution in [0.5, 0.6) is 11.5 Å². The highest BCUT2D eigenvalue weighted by Gasteiger charge is 2.17. The number of nitriles is 1. The number of carbonyl (C=O) groups excluding carboxylic acids is 1. The van der Waals surface area contributed by atoms with Crippen LogP contribution >= 0.6 is 0 Å². The van der Waals surface area contributed by atoms with Crippen molar-refractivity contribution in [2.45, 2.75) is 6.54 Å². The van der Waals surface area contributed by atoms with Crippen molar-refractivity contribution in [2.75, 3.05) is 68.3 Å². The van der Waals surface area contributed by atoms with Gasteiger partial charge in [-0.15, -0.1) is 0 Å². The van der Waals surface area contributed by atoms with Crippen LogP contribution in [0.1, 0.15) is 11.1 Å². The van der Waals surface area contributed by atoms with Crippen LogP contribution in [0.2, 0.25) is 0 Å². The van der Waals surface area contributed by atoms with E-state index in [1.165, 1.54) is 12.3 Å². The second-order valence-electron chi connectivity index (χ2n) is 9.14. The van der Waals surface area contributed by atoms with E-state index in [-0.39, 0.29) is 5.91 Å². The van der Waals surface area contributed by atoms with Gasteiger partial charge in [-0.2, -0.15) is 5.26 Å². The number of ether oxygens (including phenoxy) is 2. The maximum absolute atomic E-state index is 12.2. The van der Waals surface area contributed by atoms with Crippen molar-refractivity contribution in [1.82, 2.24) is 9.88 Å². The van der Waals surface area contributed by atoms with Crippen LogP contribution < -0.4 is 30.3 Å². The Morgan fingerprint density at radius 3 is 2.41 bits per heavy atom. The van der Waals surface area contributed by atoms with Gasteiger partial charge in [0.1, 0.15) is 23.4 Å². The Morgan fingerprint density at radius 2 is 1.77 bits per heavy atom. The first-order chi connectivity index (χ1) is 18.9. The van der Waals surface area contributed by atoms with Crippen LogP contribution in [-0.4, -0.2) is 63.2 Å². The van der Waals surface area contributed by atoms with Gasteiger partial charge in [0.25, 0.3) is 0 Å². The van der Waals surface area contributed by atoms with E-state index in [0.717, 1.165) is 37.4 Å². The molecule has 10 heteroatoms. The minimum Gasteiger partial charge on any atom is -0.497 e. The summed E-state index contributed by atoms with van der Waals surface area (Å²) in [5.41, 5.74) is 4.25. The van der Waals surface area contributed by atoms with Crippen LogP contribution in [0.15, 0.2) is 61.3 Å². The van der Waals surface area contributed by atoms with Crippen molar-refractivity contribution in [1.29, 1.82) is 5.26 Å². The molecule has 1 saturated heterocycles. The van der Waals surface area contributed by atoms with Gasteiger partial charge in [-0.1, -0.05) is 6.58 Å². The van der Waals surface area contributed by atoms with E-state index >= 15 is 0 Å². The Balaban J connectivity index is 1.57. The molecule has 3 N–H and O–H groups in total. The molecular formula is C29H33N7O3. The minimum atomic E-state index is -0.308. The largest absolute Gasteiger partial charge is 0.497 e. The van der Waals surface area contributed by atoms with Gasteiger partial charge in [-0.05, 0) is 49.0 Å². The molecule has 0 radical (unpaired) electrons. The lowest BCUT2D eigenvalue weighted by Gasteiger charge is -2.34. The minimum absolute atomic E-state index is 0.308. The highest BCUT2D eigenvalue weighted by Crippen LogP contribution is 2.32. The van der Waals surface area contributed by atoms with Crippen LogP contribution in [0, 0.1) is 11.3 Å². The van der Waals surface area contributed by atoms with Gasteiger partial charge in [0.05, 0.1) is 36.8 Å². The summed E-state index contributed by atoms with van der Waals surface area (Å²) in [6, 6.07) is 15.4. The number of rotatable bonds is 10. The summed E-state index contributed by atoms with van der Waals surface area (Å²) in [5.74, 6) is 1.56. The van der Waals surface area contributed by atoms with Crippen LogP contribution in [0.4, 0.5) is 28.6 Å². The van der Waals surface area contributed by atoms with Crippen molar-refractivity contribution >= 4 is 34.5 Å². The molecule has 2 aromatic carbocycles. The summed E-state index contributed by atoms with van der Waals surface area (Å²) in [4.78, 5) is 21.2. The van der Waals surface area contributed by atoms with Gasteiger partial charge in [0.2, 0.25) is 5.91 Å². The lowest BCUT2D eigenvalue weighted by molar-refractivity contribution is -0.111. The molecule has 0 spiro atoms. The average Bonchev–Trinajstić information content (AvgIpc) is 2.97. The first-order valence-corrected chi connectivity index (χ1v) is 12.6. The summed E-state index contributed by atoms with van der Waals surface area (Å²) in [5, 5.41) is 19.1. The van der Waals surface area contributed by atoms with E-state index in [1.54, 1.807) is 26.4 Å². The zero-order chi connectivity index (χ0) is 27.8. The van der Waals surface area contributed by atoms with Crippen LogP contribution in [-0.2, 0) is 11.3 Å². The molecule has 10 nitrogen and oxygen atoms in total. The third-order valence-electron chi connectivity index (χ3n) is 6.50. The van der Waals surface area contributed by atoms with E-state index in [2.05, 4.69) is 50.4 Å². The predicted octanol–water partition coefficient (Wildman–Crippen LogP) is 4.20. The molecule has 4 rings (SSSR count). The third kappa shape index (κ3) is 6.97. The molecule has 0 atom stereocenters. The lowest BCUT2D eigenvalue weighted by atomic mass is 10.1. The molecular weight excluding hydrogens is 494 g/mol. The van der Waals surface area contributed by atoms with Gasteiger partial charge >= 0.3 is 0 Å². The first kappa shape index (κ1) is 27.3. The molecule has 39 heavy (non-hydrogen) atoms. The van der Waals surface area contributed by atoms with Crippen LogP contribution in [0.3, 0.4) is 0 Å². The summed E-state index contributed by atoms with van der Waals surface area (Å²) < 4.78 is 10.7. The number of nitrogens with one attached hydrogen (secondary N) is 3. The quantitative estimate of drug-likeness (QED) is 0.334. The standard InChI is InChI=1S/C29H33N7O3/c1-5-29(37)34-27-14-22(36-10-8-35(2)9-11-36)6-7-25(27)33-28-16-26(21(17-30)19-32-28)31-18-20-12-23(38-3)15-24(13-20)39-4/h5-7,12-16,19H,1,8-11,18H2,2-4H3,(H,34,37)(H2,31,32,33). The molecule has 202 valence electrons. The smallest absolute Gasteiger partial charge is 0.247 e. The molecule has 1 amide bonds. The Kier molecular flexibility index (Phi) is 8.86. The fourth-order valence-electron chi connectivity index (χ4n) is 4.25. The molecule has 0 unspecified atom stereocenters. The molecule has 0 aliphatic carbocycles. The second-order valence-corrected chi connectivity index (χ2v) is 9.14. The molecule has 2 heterocycles. The monoisotopic (exact) mass is 527 g/mol. The van der Waals surface area contributed by atoms with Crippen LogP contribution in [0.25, 0.3) is 0 Å². The number of amides is 1. The van der Waals surface area contributed by atoms with Crippen molar-refractivity contribution in [3.05, 3.63) is 72.4 Å². The molecule has 1 fully saturated rings. The summed E-state index contributed by atoms with van der Waals surface area (Å²) in [6.07, 6.45) is 2.75. The van der Waals surface area contributed by atoms with Gasteiger partial charge in [0.15, 0.2) is 0 Å². The van der Waals surface area contributed by atoms with Gasteiger partial charge < -0.3 is 35.2 Å². The number of piperazine rings is 1. The number of nitrogens with zero attached hydrogens (tertiary/aromatic N) is 4. The van der Waals surface area contributed by atoms with E-state index in [1.807, 2.05) is 30.3 Å². The first-order valence-electron chi connectivity index (χ1n) is 12.6. The van der Waals surface area contributed by atoms with Crippen molar-refractivity contribution in [3.8, 4) is 17.6 Å². The maximum Gasteiger partial charge on any atom is 0.247 e.